The Morgan fingerprint density at radius 3 is 2.59 bits per heavy atom. The van der Waals surface area contributed by atoms with E-state index in [0.717, 1.165) is 33.5 Å². The van der Waals surface area contributed by atoms with Gasteiger partial charge in [0, 0.05) is 13.8 Å². The zero-order valence-corrected chi connectivity index (χ0v) is 18.0. The highest BCUT2D eigenvalue weighted by Gasteiger charge is 2.19. The van der Waals surface area contributed by atoms with Gasteiger partial charge in [0.05, 0.1) is 16.6 Å². The Morgan fingerprint density at radius 1 is 0.906 bits per heavy atom. The maximum Gasteiger partial charge on any atom is 0.149 e. The number of aromatic nitrogens is 2. The zero-order chi connectivity index (χ0) is 23.4. The van der Waals surface area contributed by atoms with Crippen LogP contribution in [0.1, 0.15) is 22.2 Å². The molecule has 0 unspecified atom stereocenters. The molecule has 0 fully saturated rings. The molecule has 3 heteroatoms. The summed E-state index contributed by atoms with van der Waals surface area (Å²) in [6.45, 7) is 3.79. The highest BCUT2D eigenvalue weighted by atomic mass is 16.3. The summed E-state index contributed by atoms with van der Waals surface area (Å²) < 4.78 is 25.1. The van der Waals surface area contributed by atoms with E-state index in [1.165, 1.54) is 10.8 Å². The smallest absolute Gasteiger partial charge is 0.149 e. The Balaban J connectivity index is 1.58. The second-order valence-corrected chi connectivity index (χ2v) is 8.45. The van der Waals surface area contributed by atoms with Crippen molar-refractivity contribution in [2.24, 2.45) is 5.92 Å². The predicted molar refractivity (Wildman–Crippen MR) is 132 cm³/mol. The van der Waals surface area contributed by atoms with E-state index in [2.05, 4.69) is 47.0 Å². The molecule has 3 nitrogen and oxygen atoms in total. The van der Waals surface area contributed by atoms with E-state index in [0.29, 0.717) is 11.1 Å². The number of hydrogen-bond donors (Lipinski definition) is 0. The Labute approximate surface area is 189 Å². The first kappa shape index (κ1) is 16.8. The lowest BCUT2D eigenvalue weighted by Gasteiger charge is -2.10. The number of para-hydroxylation sites is 2. The predicted octanol–water partition coefficient (Wildman–Crippen LogP) is 7.79. The molecule has 0 aliphatic carbocycles. The molecule has 0 aliphatic rings. The van der Waals surface area contributed by atoms with E-state index in [9.17, 15) is 0 Å². The SMILES string of the molecule is [2H]C([2H])(c1ccc2c(-c3nc4ccccc4n3-c3ccc4ccccc4c3)coc2c1)C(C)C. The molecular weight excluding hydrogens is 392 g/mol. The summed E-state index contributed by atoms with van der Waals surface area (Å²) in [5.41, 5.74) is 5.14. The number of fused-ring (bicyclic) bond motifs is 3. The highest BCUT2D eigenvalue weighted by Crippen LogP contribution is 2.35. The van der Waals surface area contributed by atoms with Crippen LogP contribution in [-0.2, 0) is 6.37 Å². The molecule has 0 radical (unpaired) electrons. The third-order valence-corrected chi connectivity index (χ3v) is 5.82. The maximum absolute atomic E-state index is 8.46. The largest absolute Gasteiger partial charge is 0.464 e. The molecule has 0 aliphatic heterocycles. The summed E-state index contributed by atoms with van der Waals surface area (Å²) >= 11 is 0. The third kappa shape index (κ3) is 3.09. The quantitative estimate of drug-likeness (QED) is 0.292. The monoisotopic (exact) mass is 418 g/mol. The molecule has 0 saturated heterocycles. The lowest BCUT2D eigenvalue weighted by Crippen LogP contribution is -1.97. The average molecular weight is 419 g/mol. The number of hydrogen-bond acceptors (Lipinski definition) is 2. The molecule has 0 atom stereocenters. The Morgan fingerprint density at radius 2 is 1.72 bits per heavy atom. The van der Waals surface area contributed by atoms with Crippen LogP contribution in [0.2, 0.25) is 0 Å². The molecule has 6 aromatic rings. The van der Waals surface area contributed by atoms with Crippen molar-refractivity contribution in [2.75, 3.05) is 0 Å². The number of benzene rings is 4. The van der Waals surface area contributed by atoms with Gasteiger partial charge in [-0.3, -0.25) is 4.57 Å². The lowest BCUT2D eigenvalue weighted by molar-refractivity contribution is 0.613. The van der Waals surface area contributed by atoms with Gasteiger partial charge in [0.15, 0.2) is 0 Å². The van der Waals surface area contributed by atoms with Crippen molar-refractivity contribution >= 4 is 32.8 Å². The molecule has 0 N–H and O–H groups in total. The Hall–Kier alpha value is -3.85. The zero-order valence-electron chi connectivity index (χ0n) is 20.0. The van der Waals surface area contributed by atoms with Crippen molar-refractivity contribution in [1.82, 2.24) is 9.55 Å². The van der Waals surface area contributed by atoms with E-state index in [4.69, 9.17) is 12.1 Å². The van der Waals surface area contributed by atoms with Crippen LogP contribution in [0.5, 0.6) is 0 Å². The van der Waals surface area contributed by atoms with E-state index in [-0.39, 0.29) is 5.92 Å². The summed E-state index contributed by atoms with van der Waals surface area (Å²) in [5, 5.41) is 3.28. The van der Waals surface area contributed by atoms with Gasteiger partial charge in [0.25, 0.3) is 0 Å². The number of furan rings is 1. The van der Waals surface area contributed by atoms with Gasteiger partial charge in [-0.2, -0.15) is 0 Å². The molecule has 6 rings (SSSR count). The second kappa shape index (κ2) is 7.38. The number of imidazole rings is 1. The van der Waals surface area contributed by atoms with E-state index >= 15 is 0 Å². The summed E-state index contributed by atoms with van der Waals surface area (Å²) in [5.74, 6) is 0.659. The fourth-order valence-electron chi connectivity index (χ4n) is 4.41. The standard InChI is InChI=1S/C29H24N2O/c1-19(2)15-20-11-14-24-25(18-32-28(24)16-20)29-30-26-9-5-6-10-27(26)31(29)23-13-12-21-7-3-4-8-22(21)17-23/h3-14,16-19H,15H2,1-2H3/i15D2. The minimum atomic E-state index is -1.43. The van der Waals surface area contributed by atoms with E-state index in [1.807, 2.05) is 56.3 Å². The molecular formula is C29H24N2O. The van der Waals surface area contributed by atoms with Gasteiger partial charge in [-0.1, -0.05) is 68.4 Å². The summed E-state index contributed by atoms with van der Waals surface area (Å²) in [6.07, 6.45) is 0.303. The fraction of sp³-hybridized carbons (Fsp3) is 0.138. The van der Waals surface area contributed by atoms with Gasteiger partial charge in [-0.05, 0) is 59.0 Å². The molecule has 32 heavy (non-hydrogen) atoms. The fourth-order valence-corrected chi connectivity index (χ4v) is 4.41. The van der Waals surface area contributed by atoms with Crippen molar-refractivity contribution in [3.05, 3.63) is 96.8 Å². The molecule has 0 amide bonds. The number of rotatable bonds is 4. The molecule has 4 aromatic carbocycles. The van der Waals surface area contributed by atoms with Crippen molar-refractivity contribution in [1.29, 1.82) is 0 Å². The highest BCUT2D eigenvalue weighted by molar-refractivity contribution is 5.96. The second-order valence-electron chi connectivity index (χ2n) is 8.45. The lowest BCUT2D eigenvalue weighted by atomic mass is 10.0. The molecule has 0 bridgehead atoms. The third-order valence-electron chi connectivity index (χ3n) is 5.82. The topological polar surface area (TPSA) is 31.0 Å². The Bertz CT molecular complexity index is 1680. The molecule has 0 saturated carbocycles. The van der Waals surface area contributed by atoms with Gasteiger partial charge < -0.3 is 4.42 Å². The average Bonchev–Trinajstić information content (AvgIpc) is 3.44. The summed E-state index contributed by atoms with van der Waals surface area (Å²) in [4.78, 5) is 4.99. The maximum atomic E-state index is 8.46. The van der Waals surface area contributed by atoms with Crippen LogP contribution in [0, 0.1) is 5.92 Å². The van der Waals surface area contributed by atoms with Crippen LogP contribution in [-0.4, -0.2) is 9.55 Å². The van der Waals surface area contributed by atoms with Crippen LogP contribution in [0.3, 0.4) is 0 Å². The summed E-state index contributed by atoms with van der Waals surface area (Å²) in [6, 6.07) is 28.5. The van der Waals surface area contributed by atoms with E-state index < -0.39 is 6.37 Å². The van der Waals surface area contributed by atoms with Crippen LogP contribution in [0.15, 0.2) is 95.6 Å². The van der Waals surface area contributed by atoms with Crippen LogP contribution in [0.25, 0.3) is 49.9 Å². The van der Waals surface area contributed by atoms with Gasteiger partial charge in [0.1, 0.15) is 17.7 Å². The van der Waals surface area contributed by atoms with Crippen molar-refractivity contribution in [3.8, 4) is 17.1 Å². The summed E-state index contributed by atoms with van der Waals surface area (Å²) in [7, 11) is 0. The molecule has 0 spiro atoms. The van der Waals surface area contributed by atoms with Gasteiger partial charge in [0.2, 0.25) is 0 Å². The van der Waals surface area contributed by atoms with Crippen molar-refractivity contribution < 1.29 is 7.16 Å². The molecule has 2 heterocycles. The molecule has 2 aromatic heterocycles. The number of nitrogens with zero attached hydrogens (tertiary/aromatic N) is 2. The van der Waals surface area contributed by atoms with Crippen molar-refractivity contribution in [3.63, 3.8) is 0 Å². The minimum Gasteiger partial charge on any atom is -0.464 e. The Kier molecular flexibility index (Phi) is 3.87. The minimum absolute atomic E-state index is 0.142. The first-order chi connectivity index (χ1) is 16.4. The first-order valence-corrected chi connectivity index (χ1v) is 10.9. The first-order valence-electron chi connectivity index (χ1n) is 11.9. The van der Waals surface area contributed by atoms with E-state index in [1.54, 1.807) is 6.26 Å². The molecule has 156 valence electrons. The van der Waals surface area contributed by atoms with Gasteiger partial charge in [-0.15, -0.1) is 0 Å². The van der Waals surface area contributed by atoms with Crippen LogP contribution >= 0.6 is 0 Å². The van der Waals surface area contributed by atoms with Crippen LogP contribution < -0.4 is 0 Å². The van der Waals surface area contributed by atoms with Crippen molar-refractivity contribution in [2.45, 2.75) is 20.2 Å². The van der Waals surface area contributed by atoms with Gasteiger partial charge in [-0.25, -0.2) is 4.98 Å². The van der Waals surface area contributed by atoms with Gasteiger partial charge >= 0.3 is 0 Å². The normalized spacial score (nSPS) is 13.2. The van der Waals surface area contributed by atoms with Crippen LogP contribution in [0.4, 0.5) is 0 Å².